The lowest BCUT2D eigenvalue weighted by molar-refractivity contribution is -0.136. The van der Waals surface area contributed by atoms with Crippen LogP contribution in [0.1, 0.15) is 11.3 Å². The molecule has 11 heteroatoms. The minimum atomic E-state index is -1.01. The number of carboxylic acid groups (broad SMARTS) is 1. The van der Waals surface area contributed by atoms with E-state index in [4.69, 9.17) is 22.1 Å². The molecule has 0 saturated carbocycles. The van der Waals surface area contributed by atoms with Crippen LogP contribution < -0.4 is 10.1 Å². The molecule has 0 aliphatic carbocycles. The zero-order chi connectivity index (χ0) is 21.0. The van der Waals surface area contributed by atoms with E-state index in [2.05, 4.69) is 10.3 Å². The molecule has 2 heterocycles. The third-order valence-electron chi connectivity index (χ3n) is 3.73. The van der Waals surface area contributed by atoms with E-state index in [1.165, 1.54) is 4.90 Å². The highest BCUT2D eigenvalue weighted by Gasteiger charge is 2.33. The molecular weight excluding hydrogens is 434 g/mol. The number of benzene rings is 1. The zero-order valence-electron chi connectivity index (χ0n) is 15.1. The SMILES string of the molecule is COc1ccccc1/C=C1\SC(=S)N(CC(=O)Nc2nc(CC(=O)O)cs2)C1=O. The molecule has 29 heavy (non-hydrogen) atoms. The van der Waals surface area contributed by atoms with Crippen molar-refractivity contribution in [3.8, 4) is 5.75 Å². The van der Waals surface area contributed by atoms with Crippen LogP contribution in [0.25, 0.3) is 6.08 Å². The molecule has 1 fully saturated rings. The summed E-state index contributed by atoms with van der Waals surface area (Å²) in [5.41, 5.74) is 1.08. The lowest BCUT2D eigenvalue weighted by Crippen LogP contribution is -2.36. The van der Waals surface area contributed by atoms with Gasteiger partial charge in [-0.1, -0.05) is 42.2 Å². The maximum absolute atomic E-state index is 12.7. The van der Waals surface area contributed by atoms with Gasteiger partial charge in [-0.15, -0.1) is 11.3 Å². The van der Waals surface area contributed by atoms with Crippen molar-refractivity contribution in [3.05, 3.63) is 45.8 Å². The monoisotopic (exact) mass is 449 g/mol. The van der Waals surface area contributed by atoms with Gasteiger partial charge in [-0.05, 0) is 12.1 Å². The molecule has 2 N–H and O–H groups in total. The van der Waals surface area contributed by atoms with Gasteiger partial charge in [0.15, 0.2) is 5.13 Å². The van der Waals surface area contributed by atoms with Crippen molar-refractivity contribution in [3.63, 3.8) is 0 Å². The van der Waals surface area contributed by atoms with Crippen LogP contribution in [-0.2, 0) is 20.8 Å². The summed E-state index contributed by atoms with van der Waals surface area (Å²) in [5.74, 6) is -1.23. The maximum Gasteiger partial charge on any atom is 0.309 e. The Labute approximate surface area is 179 Å². The van der Waals surface area contributed by atoms with Crippen LogP contribution in [0.15, 0.2) is 34.6 Å². The third-order valence-corrected chi connectivity index (χ3v) is 5.92. The summed E-state index contributed by atoms with van der Waals surface area (Å²) in [4.78, 5) is 41.3. The summed E-state index contributed by atoms with van der Waals surface area (Å²) < 4.78 is 5.56. The van der Waals surface area contributed by atoms with Gasteiger partial charge in [0, 0.05) is 10.9 Å². The Morgan fingerprint density at radius 2 is 2.14 bits per heavy atom. The molecule has 2 amide bonds. The molecule has 1 saturated heterocycles. The van der Waals surface area contributed by atoms with Crippen molar-refractivity contribution in [1.82, 2.24) is 9.88 Å². The number of ether oxygens (including phenoxy) is 1. The molecule has 0 bridgehead atoms. The average molecular weight is 450 g/mol. The van der Waals surface area contributed by atoms with E-state index in [9.17, 15) is 14.4 Å². The number of aromatic nitrogens is 1. The minimum absolute atomic E-state index is 0.227. The summed E-state index contributed by atoms with van der Waals surface area (Å²) in [6, 6.07) is 7.25. The quantitative estimate of drug-likeness (QED) is 0.491. The van der Waals surface area contributed by atoms with Gasteiger partial charge in [-0.3, -0.25) is 19.3 Å². The summed E-state index contributed by atoms with van der Waals surface area (Å²) in [6.45, 7) is -0.262. The highest BCUT2D eigenvalue weighted by molar-refractivity contribution is 8.26. The Morgan fingerprint density at radius 3 is 2.86 bits per heavy atom. The second-order valence-corrected chi connectivity index (χ2v) is 8.31. The van der Waals surface area contributed by atoms with Gasteiger partial charge >= 0.3 is 5.97 Å². The van der Waals surface area contributed by atoms with Crippen LogP contribution in [0.4, 0.5) is 5.13 Å². The van der Waals surface area contributed by atoms with Gasteiger partial charge in [-0.25, -0.2) is 4.98 Å². The number of carbonyl (C=O) groups excluding carboxylic acids is 2. The Bertz CT molecular complexity index is 1020. The number of nitrogens with zero attached hydrogens (tertiary/aromatic N) is 2. The van der Waals surface area contributed by atoms with E-state index >= 15 is 0 Å². The number of nitrogens with one attached hydrogen (secondary N) is 1. The molecule has 1 aromatic heterocycles. The van der Waals surface area contributed by atoms with Crippen LogP contribution in [0, 0.1) is 0 Å². The molecule has 1 aliphatic heterocycles. The van der Waals surface area contributed by atoms with Crippen LogP contribution >= 0.6 is 35.3 Å². The first-order valence-corrected chi connectivity index (χ1v) is 10.3. The van der Waals surface area contributed by atoms with E-state index in [0.29, 0.717) is 16.3 Å². The number of thiocarbonyl (C=S) groups is 1. The average Bonchev–Trinajstić information content (AvgIpc) is 3.20. The normalized spacial score (nSPS) is 15.1. The predicted molar refractivity (Wildman–Crippen MR) is 115 cm³/mol. The fourth-order valence-corrected chi connectivity index (χ4v) is 4.44. The van der Waals surface area contributed by atoms with E-state index in [1.807, 2.05) is 18.2 Å². The fourth-order valence-electron chi connectivity index (χ4n) is 2.47. The number of rotatable bonds is 7. The van der Waals surface area contributed by atoms with Crippen molar-refractivity contribution in [2.24, 2.45) is 0 Å². The molecule has 0 unspecified atom stereocenters. The van der Waals surface area contributed by atoms with Gasteiger partial charge in [-0.2, -0.15) is 0 Å². The largest absolute Gasteiger partial charge is 0.496 e. The third kappa shape index (κ3) is 5.19. The number of carbonyl (C=O) groups is 3. The van der Waals surface area contributed by atoms with Crippen molar-refractivity contribution in [2.75, 3.05) is 19.0 Å². The second-order valence-electron chi connectivity index (χ2n) is 5.77. The lowest BCUT2D eigenvalue weighted by atomic mass is 10.2. The fraction of sp³-hybridized carbons (Fsp3) is 0.167. The first-order chi connectivity index (χ1) is 13.9. The molecule has 0 atom stereocenters. The van der Waals surface area contributed by atoms with E-state index in [-0.39, 0.29) is 28.3 Å². The second kappa shape index (κ2) is 9.16. The highest BCUT2D eigenvalue weighted by Crippen LogP contribution is 2.34. The van der Waals surface area contributed by atoms with Crippen LogP contribution in [-0.4, -0.2) is 50.7 Å². The topological polar surface area (TPSA) is 109 Å². The molecule has 150 valence electrons. The number of aliphatic carboxylic acids is 1. The van der Waals surface area contributed by atoms with Crippen LogP contribution in [0.5, 0.6) is 5.75 Å². The predicted octanol–water partition coefficient (Wildman–Crippen LogP) is 2.62. The lowest BCUT2D eigenvalue weighted by Gasteiger charge is -2.13. The smallest absolute Gasteiger partial charge is 0.309 e. The van der Waals surface area contributed by atoms with Crippen LogP contribution in [0.2, 0.25) is 0 Å². The number of hydrogen-bond acceptors (Lipinski definition) is 8. The first kappa shape index (κ1) is 21.0. The van der Waals surface area contributed by atoms with E-state index < -0.39 is 11.9 Å². The van der Waals surface area contributed by atoms with Gasteiger partial charge in [0.2, 0.25) is 5.91 Å². The molecule has 3 rings (SSSR count). The van der Waals surface area contributed by atoms with Crippen molar-refractivity contribution >= 4 is 68.6 Å². The molecule has 8 nitrogen and oxygen atoms in total. The minimum Gasteiger partial charge on any atom is -0.496 e. The van der Waals surface area contributed by atoms with Crippen molar-refractivity contribution < 1.29 is 24.2 Å². The molecule has 0 spiro atoms. The van der Waals surface area contributed by atoms with E-state index in [1.54, 1.807) is 24.6 Å². The van der Waals surface area contributed by atoms with E-state index in [0.717, 1.165) is 28.7 Å². The van der Waals surface area contributed by atoms with Crippen molar-refractivity contribution in [2.45, 2.75) is 6.42 Å². The number of amides is 2. The summed E-state index contributed by atoms with van der Waals surface area (Å²) in [5, 5.41) is 13.2. The Balaban J connectivity index is 1.67. The molecule has 0 radical (unpaired) electrons. The summed E-state index contributed by atoms with van der Waals surface area (Å²) in [6.07, 6.45) is 1.45. The number of anilines is 1. The van der Waals surface area contributed by atoms with Gasteiger partial charge in [0.25, 0.3) is 5.91 Å². The standard InChI is InChI=1S/C18H15N3O5S3/c1-26-12-5-3-2-4-10(12)6-13-16(25)21(18(27)29-13)8-14(22)20-17-19-11(9-28-17)7-15(23)24/h2-6,9H,7-8H2,1H3,(H,23,24)(H,19,20,22)/b13-6-. The number of carboxylic acids is 1. The highest BCUT2D eigenvalue weighted by atomic mass is 32.2. The summed E-state index contributed by atoms with van der Waals surface area (Å²) in [7, 11) is 1.54. The number of para-hydroxylation sites is 1. The molecule has 2 aromatic rings. The Morgan fingerprint density at radius 1 is 1.38 bits per heavy atom. The number of thiazole rings is 1. The molecule has 1 aliphatic rings. The Kier molecular flexibility index (Phi) is 6.62. The first-order valence-electron chi connectivity index (χ1n) is 8.22. The van der Waals surface area contributed by atoms with Gasteiger partial charge in [0.05, 0.1) is 24.1 Å². The number of methoxy groups -OCH3 is 1. The maximum atomic E-state index is 12.7. The van der Waals surface area contributed by atoms with Gasteiger partial charge in [0.1, 0.15) is 16.6 Å². The molecular formula is C18H15N3O5S3. The van der Waals surface area contributed by atoms with Crippen molar-refractivity contribution in [1.29, 1.82) is 0 Å². The van der Waals surface area contributed by atoms with Gasteiger partial charge < -0.3 is 15.2 Å². The number of hydrogen-bond donors (Lipinski definition) is 2. The Hall–Kier alpha value is -2.76. The summed E-state index contributed by atoms with van der Waals surface area (Å²) >= 11 is 7.47. The van der Waals surface area contributed by atoms with Crippen LogP contribution in [0.3, 0.4) is 0 Å². The molecule has 1 aromatic carbocycles. The number of thioether (sulfide) groups is 1. The zero-order valence-corrected chi connectivity index (χ0v) is 17.5.